The van der Waals surface area contributed by atoms with Crippen LogP contribution in [-0.4, -0.2) is 20.7 Å². The topological polar surface area (TPSA) is 30.7 Å². The van der Waals surface area contributed by atoms with Gasteiger partial charge in [0.25, 0.3) is 0 Å². The molecular formula is C20H17F2N3S. The first-order chi connectivity index (χ1) is 12.4. The summed E-state index contributed by atoms with van der Waals surface area (Å²) in [5.74, 6) is -2.32. The highest BCUT2D eigenvalue weighted by Gasteiger charge is 2.44. The number of nitrogens with zero attached hydrogens (tertiary/aromatic N) is 3. The van der Waals surface area contributed by atoms with E-state index >= 15 is 0 Å². The van der Waals surface area contributed by atoms with Gasteiger partial charge in [-0.05, 0) is 41.5 Å². The van der Waals surface area contributed by atoms with Gasteiger partial charge in [-0.1, -0.05) is 12.1 Å². The number of benzene rings is 1. The van der Waals surface area contributed by atoms with E-state index in [-0.39, 0.29) is 18.8 Å². The summed E-state index contributed by atoms with van der Waals surface area (Å²) in [7, 11) is 1.89. The van der Waals surface area contributed by atoms with Crippen molar-refractivity contribution < 1.29 is 8.78 Å². The van der Waals surface area contributed by atoms with Crippen molar-refractivity contribution in [3.8, 4) is 11.1 Å². The van der Waals surface area contributed by atoms with Gasteiger partial charge in [0.2, 0.25) is 5.92 Å². The number of hydrogen-bond donors (Lipinski definition) is 0. The molecule has 1 aromatic carbocycles. The molecule has 3 aromatic heterocycles. The zero-order chi connectivity index (χ0) is 17.9. The van der Waals surface area contributed by atoms with E-state index in [0.717, 1.165) is 28.6 Å². The maximum atomic E-state index is 13.0. The molecule has 132 valence electrons. The number of hydrogen-bond acceptors (Lipinski definition) is 3. The van der Waals surface area contributed by atoms with Crippen molar-refractivity contribution >= 4 is 32.5 Å². The first kappa shape index (κ1) is 15.9. The van der Waals surface area contributed by atoms with E-state index in [0.29, 0.717) is 0 Å². The van der Waals surface area contributed by atoms with Crippen molar-refractivity contribution in [3.63, 3.8) is 0 Å². The summed E-state index contributed by atoms with van der Waals surface area (Å²) in [5, 5.41) is 6.50. The minimum Gasteiger partial charge on any atom is -0.273 e. The molecule has 1 aliphatic rings. The molecule has 3 heterocycles. The second-order valence-corrected chi connectivity index (χ2v) is 8.41. The Bertz CT molecular complexity index is 1120. The molecule has 0 spiro atoms. The molecule has 0 unspecified atom stereocenters. The van der Waals surface area contributed by atoms with Crippen molar-refractivity contribution in [2.24, 2.45) is 13.0 Å². The van der Waals surface area contributed by atoms with Crippen LogP contribution in [0.5, 0.6) is 0 Å². The maximum absolute atomic E-state index is 13.0. The fourth-order valence-electron chi connectivity index (χ4n) is 3.77. The fraction of sp³-hybridized carbons (Fsp3) is 0.300. The van der Waals surface area contributed by atoms with Crippen LogP contribution in [0.4, 0.5) is 8.78 Å². The van der Waals surface area contributed by atoms with Gasteiger partial charge in [-0.25, -0.2) is 13.8 Å². The molecule has 4 aromatic rings. The highest BCUT2D eigenvalue weighted by atomic mass is 32.1. The largest absolute Gasteiger partial charge is 0.273 e. The number of alkyl halides is 2. The molecule has 0 amide bonds. The van der Waals surface area contributed by atoms with Crippen LogP contribution in [0.25, 0.3) is 32.2 Å². The highest BCUT2D eigenvalue weighted by Crippen LogP contribution is 2.45. The molecule has 0 atom stereocenters. The molecular weight excluding hydrogens is 352 g/mol. The Hall–Kier alpha value is -2.34. The molecule has 0 saturated heterocycles. The van der Waals surface area contributed by atoms with Crippen LogP contribution in [-0.2, 0) is 13.5 Å². The SMILES string of the molecule is Cn1cc2cc(-c3ccc4cc(CC5CC(F)(F)C5)sc4c3)cnc2n1. The van der Waals surface area contributed by atoms with Gasteiger partial charge < -0.3 is 0 Å². The molecule has 5 rings (SSSR count). The van der Waals surface area contributed by atoms with Gasteiger partial charge >= 0.3 is 0 Å². The molecule has 1 aliphatic carbocycles. The Morgan fingerprint density at radius 1 is 1.15 bits per heavy atom. The quantitative estimate of drug-likeness (QED) is 0.482. The van der Waals surface area contributed by atoms with Gasteiger partial charge in [-0.15, -0.1) is 11.3 Å². The predicted molar refractivity (Wildman–Crippen MR) is 101 cm³/mol. The van der Waals surface area contributed by atoms with E-state index in [2.05, 4.69) is 40.4 Å². The fourth-order valence-corrected chi connectivity index (χ4v) is 4.99. The van der Waals surface area contributed by atoms with Crippen molar-refractivity contribution in [3.05, 3.63) is 47.6 Å². The summed E-state index contributed by atoms with van der Waals surface area (Å²) in [6, 6.07) is 10.6. The number of aryl methyl sites for hydroxylation is 1. The van der Waals surface area contributed by atoms with E-state index in [9.17, 15) is 8.78 Å². The Morgan fingerprint density at radius 3 is 2.81 bits per heavy atom. The number of thiophene rings is 1. The Kier molecular flexibility index (Phi) is 3.41. The lowest BCUT2D eigenvalue weighted by molar-refractivity contribution is -0.109. The predicted octanol–water partition coefficient (Wildman–Crippen LogP) is 5.44. The third-order valence-electron chi connectivity index (χ3n) is 5.04. The van der Waals surface area contributed by atoms with Crippen LogP contribution in [0.3, 0.4) is 0 Å². The van der Waals surface area contributed by atoms with E-state index < -0.39 is 5.92 Å². The lowest BCUT2D eigenvalue weighted by Gasteiger charge is -2.34. The van der Waals surface area contributed by atoms with E-state index in [1.54, 1.807) is 16.0 Å². The van der Waals surface area contributed by atoms with E-state index in [1.165, 1.54) is 15.0 Å². The summed E-state index contributed by atoms with van der Waals surface area (Å²) in [4.78, 5) is 5.63. The number of rotatable bonds is 3. The second-order valence-electron chi connectivity index (χ2n) is 7.24. The zero-order valence-corrected chi connectivity index (χ0v) is 15.1. The van der Waals surface area contributed by atoms with Gasteiger partial charge in [0.1, 0.15) is 0 Å². The monoisotopic (exact) mass is 369 g/mol. The van der Waals surface area contributed by atoms with Crippen molar-refractivity contribution in [1.82, 2.24) is 14.8 Å². The molecule has 0 bridgehead atoms. The first-order valence-electron chi connectivity index (χ1n) is 8.65. The summed E-state index contributed by atoms with van der Waals surface area (Å²) < 4.78 is 29.0. The highest BCUT2D eigenvalue weighted by molar-refractivity contribution is 7.19. The van der Waals surface area contributed by atoms with Crippen LogP contribution in [0, 0.1) is 5.92 Å². The van der Waals surface area contributed by atoms with Gasteiger partial charge in [0.15, 0.2) is 5.65 Å². The maximum Gasteiger partial charge on any atom is 0.248 e. The van der Waals surface area contributed by atoms with Crippen LogP contribution in [0.15, 0.2) is 42.7 Å². The lowest BCUT2D eigenvalue weighted by atomic mass is 9.79. The smallest absolute Gasteiger partial charge is 0.248 e. The minimum atomic E-state index is -2.44. The number of pyridine rings is 1. The van der Waals surface area contributed by atoms with Crippen molar-refractivity contribution in [2.45, 2.75) is 25.2 Å². The molecule has 6 heteroatoms. The normalized spacial score (nSPS) is 17.0. The summed E-state index contributed by atoms with van der Waals surface area (Å²) in [5.41, 5.74) is 2.91. The average Bonchev–Trinajstić information content (AvgIpc) is 3.12. The molecule has 0 N–H and O–H groups in total. The number of fused-ring (bicyclic) bond motifs is 2. The Morgan fingerprint density at radius 2 is 2.00 bits per heavy atom. The lowest BCUT2D eigenvalue weighted by Crippen LogP contribution is -2.36. The minimum absolute atomic E-state index is 0.0310. The van der Waals surface area contributed by atoms with Crippen LogP contribution >= 0.6 is 11.3 Å². The number of aromatic nitrogens is 3. The molecule has 0 aliphatic heterocycles. The van der Waals surface area contributed by atoms with Crippen LogP contribution in [0.2, 0.25) is 0 Å². The van der Waals surface area contributed by atoms with Gasteiger partial charge in [0.05, 0.1) is 0 Å². The molecule has 3 nitrogen and oxygen atoms in total. The van der Waals surface area contributed by atoms with E-state index in [1.807, 2.05) is 19.4 Å². The summed E-state index contributed by atoms with van der Waals surface area (Å²) in [6.45, 7) is 0. The molecule has 1 fully saturated rings. The average molecular weight is 369 g/mol. The third-order valence-corrected chi connectivity index (χ3v) is 6.16. The number of halogens is 2. The molecule has 26 heavy (non-hydrogen) atoms. The van der Waals surface area contributed by atoms with Crippen molar-refractivity contribution in [2.75, 3.05) is 0 Å². The van der Waals surface area contributed by atoms with E-state index in [4.69, 9.17) is 0 Å². The van der Waals surface area contributed by atoms with Crippen molar-refractivity contribution in [1.29, 1.82) is 0 Å². The summed E-state index contributed by atoms with van der Waals surface area (Å²) >= 11 is 1.71. The van der Waals surface area contributed by atoms with Gasteiger partial charge in [0, 0.05) is 52.8 Å². The second kappa shape index (κ2) is 5.58. The van der Waals surface area contributed by atoms with Crippen LogP contribution < -0.4 is 0 Å². The standard InChI is InChI=1S/C20H17F2N3S/c1-25-11-16-5-15(10-23-19(16)24-25)13-2-3-14-6-17(26-18(14)7-13)4-12-8-20(21,22)9-12/h2-3,5-7,10-12H,4,8-9H2,1H3. The zero-order valence-electron chi connectivity index (χ0n) is 14.2. The van der Waals surface area contributed by atoms with Gasteiger partial charge in [-0.2, -0.15) is 5.10 Å². The molecule has 1 saturated carbocycles. The van der Waals surface area contributed by atoms with Gasteiger partial charge in [-0.3, -0.25) is 4.68 Å². The van der Waals surface area contributed by atoms with Crippen LogP contribution in [0.1, 0.15) is 17.7 Å². The Labute approximate surface area is 153 Å². The third kappa shape index (κ3) is 2.78. The Balaban J connectivity index is 1.45. The molecule has 0 radical (unpaired) electrons. The summed E-state index contributed by atoms with van der Waals surface area (Å²) in [6.07, 6.45) is 4.63. The first-order valence-corrected chi connectivity index (χ1v) is 9.47.